The van der Waals surface area contributed by atoms with Crippen LogP contribution >= 0.6 is 0 Å². The molecule has 0 aliphatic heterocycles. The molecule has 1 atom stereocenters. The molecule has 0 aliphatic rings. The van der Waals surface area contributed by atoms with Gasteiger partial charge in [-0.25, -0.2) is 0 Å². The Morgan fingerprint density at radius 3 is 1.78 bits per heavy atom. The fourth-order valence-electron chi connectivity index (χ4n) is 2.96. The smallest absolute Gasteiger partial charge is 0.0582 e. The first-order valence-corrected chi connectivity index (χ1v) is 9.70. The van der Waals surface area contributed by atoms with Crippen LogP contribution in [0.5, 0.6) is 0 Å². The average molecular weight is 320 g/mol. The number of hydrogen-bond donors (Lipinski definition) is 2. The van der Waals surface area contributed by atoms with Gasteiger partial charge in [-0.2, -0.15) is 0 Å². The van der Waals surface area contributed by atoms with E-state index in [-0.39, 0.29) is 12.6 Å². The van der Waals surface area contributed by atoms with Crippen molar-refractivity contribution in [3.8, 4) is 0 Å². The Morgan fingerprint density at radius 1 is 0.783 bits per heavy atom. The summed E-state index contributed by atoms with van der Waals surface area (Å²) in [5.41, 5.74) is 8.66. The molecule has 0 radical (unpaired) electrons. The lowest BCUT2D eigenvalue weighted by atomic mass is 10.0. The summed E-state index contributed by atoms with van der Waals surface area (Å²) >= 11 is 0. The van der Waals surface area contributed by atoms with Crippen LogP contribution in [0.2, 0.25) is 0 Å². The lowest BCUT2D eigenvalue weighted by Crippen LogP contribution is -2.23. The number of rotatable bonds is 14. The van der Waals surface area contributed by atoms with E-state index in [1.54, 1.807) is 0 Å². The van der Waals surface area contributed by atoms with E-state index in [0.717, 1.165) is 12.8 Å². The van der Waals surface area contributed by atoms with Crippen LogP contribution in [0.4, 0.5) is 0 Å². The van der Waals surface area contributed by atoms with Crippen molar-refractivity contribution >= 4 is 0 Å². The molecule has 1 aromatic rings. The Bertz CT molecular complexity index is 374. The highest BCUT2D eigenvalue weighted by Gasteiger charge is 2.00. The third kappa shape index (κ3) is 10.5. The van der Waals surface area contributed by atoms with E-state index in [9.17, 15) is 0 Å². The van der Waals surface area contributed by atoms with Gasteiger partial charge in [0.1, 0.15) is 0 Å². The van der Waals surface area contributed by atoms with E-state index in [0.29, 0.717) is 0 Å². The first-order chi connectivity index (χ1) is 11.3. The first-order valence-electron chi connectivity index (χ1n) is 9.70. The molecule has 1 unspecified atom stereocenters. The maximum absolute atomic E-state index is 8.86. The molecule has 0 fully saturated rings. The highest BCUT2D eigenvalue weighted by Crippen LogP contribution is 2.13. The van der Waals surface area contributed by atoms with E-state index in [4.69, 9.17) is 10.8 Å². The second-order valence-electron chi connectivity index (χ2n) is 6.88. The van der Waals surface area contributed by atoms with Gasteiger partial charge in [-0.1, -0.05) is 76.1 Å². The predicted octanol–water partition coefficient (Wildman–Crippen LogP) is 5.01. The molecule has 2 nitrogen and oxygen atoms in total. The molecule has 2 heteroatoms. The van der Waals surface area contributed by atoms with Crippen LogP contribution in [0.25, 0.3) is 0 Å². The van der Waals surface area contributed by atoms with Crippen LogP contribution in [0.1, 0.15) is 82.3 Å². The lowest BCUT2D eigenvalue weighted by molar-refractivity contribution is 0.257. The summed E-state index contributed by atoms with van der Waals surface area (Å²) in [4.78, 5) is 0. The van der Waals surface area contributed by atoms with E-state index < -0.39 is 0 Å². The minimum atomic E-state index is -0.0108. The fraction of sp³-hybridized carbons (Fsp3) is 0.714. The van der Waals surface area contributed by atoms with Gasteiger partial charge < -0.3 is 10.8 Å². The highest BCUT2D eigenvalue weighted by atomic mass is 16.3. The third-order valence-electron chi connectivity index (χ3n) is 4.62. The van der Waals surface area contributed by atoms with Crippen molar-refractivity contribution in [2.24, 2.45) is 5.73 Å². The molecule has 0 spiro atoms. The quantitative estimate of drug-likeness (QED) is 0.473. The molecule has 132 valence electrons. The van der Waals surface area contributed by atoms with Crippen molar-refractivity contribution in [1.82, 2.24) is 0 Å². The Kier molecular flexibility index (Phi) is 11.9. The molecular formula is C21H37NO. The van der Waals surface area contributed by atoms with Crippen LogP contribution in [-0.2, 0) is 12.8 Å². The molecule has 23 heavy (non-hydrogen) atoms. The van der Waals surface area contributed by atoms with Crippen molar-refractivity contribution in [3.05, 3.63) is 35.4 Å². The number of aliphatic hydroxyl groups is 1. The molecule has 1 aromatic carbocycles. The molecular weight excluding hydrogens is 282 g/mol. The number of aliphatic hydroxyl groups excluding tert-OH is 1. The van der Waals surface area contributed by atoms with Gasteiger partial charge in [-0.3, -0.25) is 0 Å². The second-order valence-corrected chi connectivity index (χ2v) is 6.88. The zero-order chi connectivity index (χ0) is 16.8. The van der Waals surface area contributed by atoms with E-state index in [1.165, 1.54) is 75.3 Å². The molecule has 0 amide bonds. The lowest BCUT2D eigenvalue weighted by Gasteiger charge is -2.07. The first kappa shape index (κ1) is 20.2. The minimum Gasteiger partial charge on any atom is -0.395 e. The fourth-order valence-corrected chi connectivity index (χ4v) is 2.96. The largest absolute Gasteiger partial charge is 0.395 e. The van der Waals surface area contributed by atoms with Crippen LogP contribution in [0, 0.1) is 0 Å². The summed E-state index contributed by atoms with van der Waals surface area (Å²) in [6.45, 7) is 2.37. The number of aryl methyl sites for hydroxylation is 2. The van der Waals surface area contributed by atoms with E-state index in [1.807, 2.05) is 0 Å². The Morgan fingerprint density at radius 2 is 1.26 bits per heavy atom. The van der Waals surface area contributed by atoms with Gasteiger partial charge in [0.25, 0.3) is 0 Å². The molecule has 0 saturated carbocycles. The highest BCUT2D eigenvalue weighted by molar-refractivity contribution is 5.22. The maximum Gasteiger partial charge on any atom is 0.0582 e. The normalized spacial score (nSPS) is 12.5. The standard InChI is InChI=1S/C21H37NO/c1-2-3-11-19-14-16-20(17-15-19)12-9-7-5-4-6-8-10-13-21(22)18-23/h14-17,21,23H,2-13,18,22H2,1H3. The number of nitrogens with two attached hydrogens (primary N) is 1. The predicted molar refractivity (Wildman–Crippen MR) is 101 cm³/mol. The van der Waals surface area contributed by atoms with Crippen LogP contribution in [0.3, 0.4) is 0 Å². The molecule has 0 saturated heterocycles. The van der Waals surface area contributed by atoms with Gasteiger partial charge in [0.15, 0.2) is 0 Å². The van der Waals surface area contributed by atoms with Crippen LogP contribution in [-0.4, -0.2) is 17.8 Å². The van der Waals surface area contributed by atoms with E-state index in [2.05, 4.69) is 31.2 Å². The zero-order valence-corrected chi connectivity index (χ0v) is 15.1. The van der Waals surface area contributed by atoms with Crippen LogP contribution in [0.15, 0.2) is 24.3 Å². The molecule has 0 aliphatic carbocycles. The zero-order valence-electron chi connectivity index (χ0n) is 15.1. The summed E-state index contributed by atoms with van der Waals surface area (Å²) in [6, 6.07) is 9.23. The van der Waals surface area contributed by atoms with Crippen LogP contribution < -0.4 is 5.73 Å². The topological polar surface area (TPSA) is 46.2 Å². The third-order valence-corrected chi connectivity index (χ3v) is 4.62. The molecule has 3 N–H and O–H groups in total. The SMILES string of the molecule is CCCCc1ccc(CCCCCCCCCC(N)CO)cc1. The van der Waals surface area contributed by atoms with Gasteiger partial charge in [-0.05, 0) is 43.2 Å². The van der Waals surface area contributed by atoms with Gasteiger partial charge in [0.05, 0.1) is 6.61 Å². The van der Waals surface area contributed by atoms with Crippen molar-refractivity contribution in [3.63, 3.8) is 0 Å². The average Bonchev–Trinajstić information content (AvgIpc) is 2.59. The van der Waals surface area contributed by atoms with Gasteiger partial charge in [0, 0.05) is 6.04 Å². The number of hydrogen-bond acceptors (Lipinski definition) is 2. The molecule has 0 bridgehead atoms. The van der Waals surface area contributed by atoms with Crippen molar-refractivity contribution in [1.29, 1.82) is 0 Å². The summed E-state index contributed by atoms with van der Waals surface area (Å²) in [6.07, 6.45) is 15.0. The maximum atomic E-state index is 8.86. The summed E-state index contributed by atoms with van der Waals surface area (Å²) in [7, 11) is 0. The number of benzene rings is 1. The number of unbranched alkanes of at least 4 members (excludes halogenated alkanes) is 7. The molecule has 0 aromatic heterocycles. The summed E-state index contributed by atoms with van der Waals surface area (Å²) in [5.74, 6) is 0. The Labute approximate surface area is 143 Å². The van der Waals surface area contributed by atoms with Gasteiger partial charge >= 0.3 is 0 Å². The summed E-state index contributed by atoms with van der Waals surface area (Å²) in [5, 5.41) is 8.86. The monoisotopic (exact) mass is 319 g/mol. The molecule has 1 rings (SSSR count). The minimum absolute atomic E-state index is 0.0108. The summed E-state index contributed by atoms with van der Waals surface area (Å²) < 4.78 is 0. The van der Waals surface area contributed by atoms with E-state index >= 15 is 0 Å². The Balaban J connectivity index is 1.96. The van der Waals surface area contributed by atoms with Gasteiger partial charge in [0.2, 0.25) is 0 Å². The van der Waals surface area contributed by atoms with Crippen molar-refractivity contribution in [2.45, 2.75) is 90.0 Å². The van der Waals surface area contributed by atoms with Gasteiger partial charge in [-0.15, -0.1) is 0 Å². The van der Waals surface area contributed by atoms with Crippen molar-refractivity contribution < 1.29 is 5.11 Å². The molecule has 0 heterocycles. The van der Waals surface area contributed by atoms with Crippen molar-refractivity contribution in [2.75, 3.05) is 6.61 Å². The Hall–Kier alpha value is -0.860. The second kappa shape index (κ2) is 13.6.